The van der Waals surface area contributed by atoms with Crippen LogP contribution < -0.4 is 10.2 Å². The average molecular weight is 455 g/mol. The number of carbonyl (C=O) groups excluding carboxylic acids is 1. The average Bonchev–Trinajstić information content (AvgIpc) is 3.51. The summed E-state index contributed by atoms with van der Waals surface area (Å²) in [4.78, 5) is 16.6. The van der Waals surface area contributed by atoms with E-state index < -0.39 is 0 Å². The molecule has 1 saturated heterocycles. The summed E-state index contributed by atoms with van der Waals surface area (Å²) in [6.07, 6.45) is 1.76. The highest BCUT2D eigenvalue weighted by Gasteiger charge is 2.16. The van der Waals surface area contributed by atoms with Gasteiger partial charge < -0.3 is 15.0 Å². The number of amides is 1. The van der Waals surface area contributed by atoms with Crippen molar-refractivity contribution in [2.45, 2.75) is 0 Å². The van der Waals surface area contributed by atoms with Crippen LogP contribution in [0.25, 0.3) is 31.4 Å². The van der Waals surface area contributed by atoms with Gasteiger partial charge in [0.2, 0.25) is 0 Å². The van der Waals surface area contributed by atoms with Crippen LogP contribution in [0.3, 0.4) is 0 Å². The maximum atomic E-state index is 13.2. The van der Waals surface area contributed by atoms with Crippen LogP contribution >= 0.6 is 11.3 Å². The minimum Gasteiger partial charge on any atom is -0.378 e. The summed E-state index contributed by atoms with van der Waals surface area (Å²) in [5.74, 6) is -0.139. The zero-order valence-corrected chi connectivity index (χ0v) is 18.7. The lowest BCUT2D eigenvalue weighted by atomic mass is 10.0. The minimum absolute atomic E-state index is 0.139. The Kier molecular flexibility index (Phi) is 5.05. The number of anilines is 2. The molecule has 33 heavy (non-hydrogen) atoms. The standard InChI is InChI=1S/C26H22N4O2S/c31-26(28-20-5-7-21(8-6-20)30-9-11-32-12-10-30)18-13-19-16-27-29-25(19)22(14-18)24-15-17-3-1-2-4-23(17)33-24/h1-8,13-16H,9-12H2,(H,27,29)(H,28,31). The maximum Gasteiger partial charge on any atom is 0.255 e. The predicted molar refractivity (Wildman–Crippen MR) is 134 cm³/mol. The largest absolute Gasteiger partial charge is 0.378 e. The number of hydrogen-bond acceptors (Lipinski definition) is 5. The molecule has 0 aliphatic carbocycles. The van der Waals surface area contributed by atoms with E-state index in [4.69, 9.17) is 4.74 Å². The number of aromatic amines is 1. The Labute approximate surface area is 194 Å². The molecule has 2 N–H and O–H groups in total. The number of nitrogens with one attached hydrogen (secondary N) is 2. The molecule has 1 fully saturated rings. The second kappa shape index (κ2) is 8.35. The molecule has 0 radical (unpaired) electrons. The Morgan fingerprint density at radius 3 is 2.64 bits per heavy atom. The number of hydrogen-bond donors (Lipinski definition) is 2. The molecule has 0 bridgehead atoms. The highest BCUT2D eigenvalue weighted by molar-refractivity contribution is 7.22. The molecule has 1 aliphatic rings. The van der Waals surface area contributed by atoms with Crippen LogP contribution in [0.15, 0.2) is 72.9 Å². The van der Waals surface area contributed by atoms with E-state index in [1.165, 1.54) is 10.1 Å². The fraction of sp³-hybridized carbons (Fsp3) is 0.154. The van der Waals surface area contributed by atoms with Gasteiger partial charge in [-0.2, -0.15) is 5.10 Å². The summed E-state index contributed by atoms with van der Waals surface area (Å²) >= 11 is 1.72. The first-order valence-electron chi connectivity index (χ1n) is 10.9. The molecule has 5 aromatic rings. The Bertz CT molecular complexity index is 1420. The van der Waals surface area contributed by atoms with Crippen molar-refractivity contribution in [1.82, 2.24) is 10.2 Å². The summed E-state index contributed by atoms with van der Waals surface area (Å²) in [6, 6.07) is 22.3. The van der Waals surface area contributed by atoms with Crippen LogP contribution in [-0.2, 0) is 4.74 Å². The minimum atomic E-state index is -0.139. The molecule has 3 heterocycles. The lowest BCUT2D eigenvalue weighted by molar-refractivity contribution is 0.102. The Hall–Kier alpha value is -3.68. The van der Waals surface area contributed by atoms with Crippen molar-refractivity contribution in [2.75, 3.05) is 36.5 Å². The summed E-state index contributed by atoms with van der Waals surface area (Å²) in [5, 5.41) is 12.5. The van der Waals surface area contributed by atoms with E-state index in [2.05, 4.69) is 38.6 Å². The molecule has 1 aliphatic heterocycles. The number of thiophene rings is 1. The quantitative estimate of drug-likeness (QED) is 0.374. The van der Waals surface area contributed by atoms with E-state index in [0.29, 0.717) is 5.56 Å². The van der Waals surface area contributed by atoms with E-state index >= 15 is 0 Å². The summed E-state index contributed by atoms with van der Waals surface area (Å²) in [5.41, 5.74) is 4.44. The molecule has 6 rings (SSSR count). The van der Waals surface area contributed by atoms with Gasteiger partial charge in [-0.1, -0.05) is 18.2 Å². The first kappa shape index (κ1) is 20.0. The van der Waals surface area contributed by atoms with Crippen LogP contribution in [-0.4, -0.2) is 42.4 Å². The van der Waals surface area contributed by atoms with E-state index in [1.54, 1.807) is 17.5 Å². The van der Waals surface area contributed by atoms with Crippen LogP contribution in [0.2, 0.25) is 0 Å². The van der Waals surface area contributed by atoms with Crippen molar-refractivity contribution in [2.24, 2.45) is 0 Å². The van der Waals surface area contributed by atoms with Crippen LogP contribution in [0, 0.1) is 0 Å². The van der Waals surface area contributed by atoms with Crippen LogP contribution in [0.4, 0.5) is 11.4 Å². The van der Waals surface area contributed by atoms with Crippen LogP contribution in [0.5, 0.6) is 0 Å². The molecule has 164 valence electrons. The molecule has 0 saturated carbocycles. The van der Waals surface area contributed by atoms with Gasteiger partial charge in [-0.3, -0.25) is 9.89 Å². The maximum absolute atomic E-state index is 13.2. The fourth-order valence-electron chi connectivity index (χ4n) is 4.28. The third-order valence-corrected chi connectivity index (χ3v) is 7.15. The normalized spacial score (nSPS) is 14.1. The van der Waals surface area contributed by atoms with Crippen molar-refractivity contribution in [3.8, 4) is 10.4 Å². The van der Waals surface area contributed by atoms with E-state index in [9.17, 15) is 4.79 Å². The summed E-state index contributed by atoms with van der Waals surface area (Å²) in [7, 11) is 0. The van der Waals surface area contributed by atoms with Crippen molar-refractivity contribution < 1.29 is 9.53 Å². The summed E-state index contributed by atoms with van der Waals surface area (Å²) in [6.45, 7) is 3.27. The number of H-pyrrole nitrogens is 1. The zero-order chi connectivity index (χ0) is 22.2. The molecule has 0 atom stereocenters. The second-order valence-electron chi connectivity index (χ2n) is 8.11. The number of ether oxygens (including phenoxy) is 1. The van der Waals surface area contributed by atoms with Crippen molar-refractivity contribution in [3.63, 3.8) is 0 Å². The molecule has 0 spiro atoms. The van der Waals surface area contributed by atoms with Gasteiger partial charge in [-0.05, 0) is 53.9 Å². The molecule has 3 aromatic carbocycles. The molecule has 7 heteroatoms. The number of morpholine rings is 1. The molecule has 1 amide bonds. The van der Waals surface area contributed by atoms with Crippen molar-refractivity contribution >= 4 is 49.6 Å². The number of benzene rings is 3. The Balaban J connectivity index is 1.29. The molecule has 6 nitrogen and oxygen atoms in total. The zero-order valence-electron chi connectivity index (χ0n) is 17.9. The highest BCUT2D eigenvalue weighted by atomic mass is 32.1. The lowest BCUT2D eigenvalue weighted by Gasteiger charge is -2.28. The monoisotopic (exact) mass is 454 g/mol. The number of rotatable bonds is 4. The van der Waals surface area contributed by atoms with Gasteiger partial charge in [0.15, 0.2) is 0 Å². The van der Waals surface area contributed by atoms with Gasteiger partial charge in [0.1, 0.15) is 0 Å². The first-order chi connectivity index (χ1) is 16.2. The van der Waals surface area contributed by atoms with Crippen molar-refractivity contribution in [3.05, 3.63) is 78.5 Å². The predicted octanol–water partition coefficient (Wildman–Crippen LogP) is 5.53. The lowest BCUT2D eigenvalue weighted by Crippen LogP contribution is -2.36. The highest BCUT2D eigenvalue weighted by Crippen LogP contribution is 2.37. The van der Waals surface area contributed by atoms with Gasteiger partial charge >= 0.3 is 0 Å². The number of carbonyl (C=O) groups is 1. The molecule has 0 unspecified atom stereocenters. The van der Waals surface area contributed by atoms with E-state index in [0.717, 1.165) is 59.0 Å². The van der Waals surface area contributed by atoms with E-state index in [1.807, 2.05) is 48.5 Å². The Morgan fingerprint density at radius 2 is 1.82 bits per heavy atom. The van der Waals surface area contributed by atoms with Crippen molar-refractivity contribution in [1.29, 1.82) is 0 Å². The smallest absolute Gasteiger partial charge is 0.255 e. The molecular formula is C26H22N4O2S. The number of nitrogens with zero attached hydrogens (tertiary/aromatic N) is 2. The topological polar surface area (TPSA) is 70.2 Å². The van der Waals surface area contributed by atoms with Gasteiger partial charge in [-0.25, -0.2) is 0 Å². The van der Waals surface area contributed by atoms with Crippen LogP contribution in [0.1, 0.15) is 10.4 Å². The third-order valence-electron chi connectivity index (χ3n) is 6.00. The third kappa shape index (κ3) is 3.86. The van der Waals surface area contributed by atoms with Gasteiger partial charge in [0.25, 0.3) is 5.91 Å². The van der Waals surface area contributed by atoms with Gasteiger partial charge in [0.05, 0.1) is 24.9 Å². The fourth-order valence-corrected chi connectivity index (χ4v) is 5.36. The number of fused-ring (bicyclic) bond motifs is 2. The van der Waals surface area contributed by atoms with Gasteiger partial charge in [-0.15, -0.1) is 11.3 Å². The summed E-state index contributed by atoms with van der Waals surface area (Å²) < 4.78 is 6.64. The Morgan fingerprint density at radius 1 is 1.00 bits per heavy atom. The first-order valence-corrected chi connectivity index (χ1v) is 11.8. The SMILES string of the molecule is O=C(Nc1ccc(N2CCOCC2)cc1)c1cc(-c2cc3ccccc3s2)c2[nH]ncc2c1. The van der Waals surface area contributed by atoms with Gasteiger partial charge in [0, 0.05) is 50.6 Å². The molecular weight excluding hydrogens is 432 g/mol. The van der Waals surface area contributed by atoms with E-state index in [-0.39, 0.29) is 5.91 Å². The second-order valence-corrected chi connectivity index (χ2v) is 9.19. The number of aromatic nitrogens is 2. The molecule has 2 aromatic heterocycles.